The van der Waals surface area contributed by atoms with Gasteiger partial charge in [-0.05, 0) is 92.2 Å². The second-order valence-electron chi connectivity index (χ2n) is 7.68. The molecule has 4 rings (SSSR count). The van der Waals surface area contributed by atoms with Crippen LogP contribution in [0.3, 0.4) is 0 Å². The van der Waals surface area contributed by atoms with Gasteiger partial charge in [0.05, 0.1) is 14.2 Å². The first kappa shape index (κ1) is 21.5. The Morgan fingerprint density at radius 1 is 1.00 bits per heavy atom. The molecular weight excluding hydrogens is 384 g/mol. The zero-order valence-electron chi connectivity index (χ0n) is 17.7. The van der Waals surface area contributed by atoms with Crippen LogP contribution in [0, 0.1) is 6.92 Å². The summed E-state index contributed by atoms with van der Waals surface area (Å²) in [6.45, 7) is 6.72. The highest BCUT2D eigenvalue weighted by Gasteiger charge is 2.20. The Kier molecular flexibility index (Phi) is 6.76. The Morgan fingerprint density at radius 2 is 1.72 bits per heavy atom. The van der Waals surface area contributed by atoms with Gasteiger partial charge in [0.1, 0.15) is 0 Å². The van der Waals surface area contributed by atoms with Crippen molar-refractivity contribution in [1.29, 1.82) is 0 Å². The maximum Gasteiger partial charge on any atom is 0.161 e. The molecule has 1 aliphatic heterocycles. The number of aryl methyl sites for hydroxylation is 2. The molecule has 4 nitrogen and oxygen atoms in total. The summed E-state index contributed by atoms with van der Waals surface area (Å²) < 4.78 is 10.9. The van der Waals surface area contributed by atoms with Gasteiger partial charge in [0.25, 0.3) is 0 Å². The van der Waals surface area contributed by atoms with Crippen molar-refractivity contribution in [2.75, 3.05) is 27.3 Å². The van der Waals surface area contributed by atoms with Crippen molar-refractivity contribution >= 4 is 23.3 Å². The number of piperidine rings is 1. The molecule has 2 N–H and O–H groups in total. The molecule has 0 amide bonds. The van der Waals surface area contributed by atoms with E-state index >= 15 is 0 Å². The largest absolute Gasteiger partial charge is 0.493 e. The van der Waals surface area contributed by atoms with E-state index in [9.17, 15) is 0 Å². The van der Waals surface area contributed by atoms with Crippen LogP contribution in [0.5, 0.6) is 11.5 Å². The van der Waals surface area contributed by atoms with Gasteiger partial charge in [-0.1, -0.05) is 6.92 Å². The number of fused-ring (bicyclic) bond motifs is 1. The fourth-order valence-electron chi connectivity index (χ4n) is 4.60. The standard InChI is InChI=1S/C24H30N2O2.ClH/c1-5-18-20-14-19(16-8-10-25-11-9-16)15(2)12-21(20)26-24(18)17-6-7-22(27-3)23(13-17)28-4;/h6-7,12-14,16,25-26H,5,8-11H2,1-4H3;1H. The molecule has 29 heavy (non-hydrogen) atoms. The van der Waals surface area contributed by atoms with Crippen LogP contribution in [0.15, 0.2) is 30.3 Å². The van der Waals surface area contributed by atoms with Crippen LogP contribution in [0.1, 0.15) is 42.4 Å². The highest BCUT2D eigenvalue weighted by molar-refractivity contribution is 5.92. The summed E-state index contributed by atoms with van der Waals surface area (Å²) in [5.74, 6) is 2.17. The van der Waals surface area contributed by atoms with E-state index in [0.29, 0.717) is 5.92 Å². The van der Waals surface area contributed by atoms with E-state index in [2.05, 4.69) is 48.4 Å². The van der Waals surface area contributed by atoms with E-state index in [1.807, 2.05) is 6.07 Å². The zero-order valence-corrected chi connectivity index (χ0v) is 18.5. The molecule has 0 unspecified atom stereocenters. The minimum Gasteiger partial charge on any atom is -0.493 e. The summed E-state index contributed by atoms with van der Waals surface area (Å²) >= 11 is 0. The number of halogens is 1. The van der Waals surface area contributed by atoms with Crippen LogP contribution >= 0.6 is 12.4 Å². The number of rotatable bonds is 5. The third-order valence-corrected chi connectivity index (χ3v) is 6.10. The van der Waals surface area contributed by atoms with Crippen LogP contribution in [-0.4, -0.2) is 32.3 Å². The highest BCUT2D eigenvalue weighted by Crippen LogP contribution is 2.38. The van der Waals surface area contributed by atoms with Gasteiger partial charge in [0, 0.05) is 22.2 Å². The number of H-pyrrole nitrogens is 1. The maximum absolute atomic E-state index is 5.52. The van der Waals surface area contributed by atoms with E-state index in [1.165, 1.54) is 46.1 Å². The molecule has 0 bridgehead atoms. The normalized spacial score (nSPS) is 14.6. The second kappa shape index (κ2) is 9.10. The molecule has 5 heteroatoms. The molecule has 0 spiro atoms. The Morgan fingerprint density at radius 3 is 2.38 bits per heavy atom. The smallest absolute Gasteiger partial charge is 0.161 e. The van der Waals surface area contributed by atoms with Crippen LogP contribution in [0.2, 0.25) is 0 Å². The number of aromatic amines is 1. The van der Waals surface area contributed by atoms with Crippen LogP contribution < -0.4 is 14.8 Å². The van der Waals surface area contributed by atoms with Gasteiger partial charge in [-0.3, -0.25) is 0 Å². The number of hydrogen-bond donors (Lipinski definition) is 2. The summed E-state index contributed by atoms with van der Waals surface area (Å²) in [4.78, 5) is 3.68. The van der Waals surface area contributed by atoms with Crippen molar-refractivity contribution < 1.29 is 9.47 Å². The van der Waals surface area contributed by atoms with E-state index in [1.54, 1.807) is 14.2 Å². The summed E-state index contributed by atoms with van der Waals surface area (Å²) in [7, 11) is 3.35. The summed E-state index contributed by atoms with van der Waals surface area (Å²) in [6, 6.07) is 10.9. The lowest BCUT2D eigenvalue weighted by atomic mass is 9.86. The average molecular weight is 415 g/mol. The number of methoxy groups -OCH3 is 2. The highest BCUT2D eigenvalue weighted by atomic mass is 35.5. The molecule has 1 saturated heterocycles. The van der Waals surface area contributed by atoms with Crippen LogP contribution in [0.25, 0.3) is 22.2 Å². The number of nitrogens with one attached hydrogen (secondary N) is 2. The molecule has 0 atom stereocenters. The first-order valence-corrected chi connectivity index (χ1v) is 10.2. The summed E-state index contributed by atoms with van der Waals surface area (Å²) in [5.41, 5.74) is 7.81. The average Bonchev–Trinajstić information content (AvgIpc) is 3.10. The van der Waals surface area contributed by atoms with Gasteiger partial charge in [-0.2, -0.15) is 0 Å². The quantitative estimate of drug-likeness (QED) is 0.570. The number of aromatic nitrogens is 1. The lowest BCUT2D eigenvalue weighted by molar-refractivity contribution is 0.355. The molecule has 1 aromatic heterocycles. The molecular formula is C24H31ClN2O2. The van der Waals surface area contributed by atoms with Crippen molar-refractivity contribution in [3.8, 4) is 22.8 Å². The predicted molar refractivity (Wildman–Crippen MR) is 123 cm³/mol. The minimum absolute atomic E-state index is 0. The molecule has 156 valence electrons. The second-order valence-corrected chi connectivity index (χ2v) is 7.68. The van der Waals surface area contributed by atoms with Crippen molar-refractivity contribution in [2.45, 2.75) is 39.0 Å². The number of ether oxygens (including phenoxy) is 2. The van der Waals surface area contributed by atoms with Gasteiger partial charge in [-0.25, -0.2) is 0 Å². The summed E-state index contributed by atoms with van der Waals surface area (Å²) in [5, 5.41) is 4.83. The monoisotopic (exact) mass is 414 g/mol. The molecule has 0 aliphatic carbocycles. The van der Waals surface area contributed by atoms with E-state index in [-0.39, 0.29) is 12.4 Å². The topological polar surface area (TPSA) is 46.3 Å². The molecule has 2 aromatic carbocycles. The Hall–Kier alpha value is -2.17. The molecule has 1 aliphatic rings. The Labute approximate surface area is 179 Å². The predicted octanol–water partition coefficient (Wildman–Crippen LogP) is 5.61. The lowest BCUT2D eigenvalue weighted by Crippen LogP contribution is -2.26. The molecule has 1 fully saturated rings. The van der Waals surface area contributed by atoms with Crippen LogP contribution in [0.4, 0.5) is 0 Å². The van der Waals surface area contributed by atoms with E-state index < -0.39 is 0 Å². The fourth-order valence-corrected chi connectivity index (χ4v) is 4.60. The van der Waals surface area contributed by atoms with Gasteiger partial charge in [0.15, 0.2) is 11.5 Å². The Bertz CT molecular complexity index is 990. The van der Waals surface area contributed by atoms with E-state index in [4.69, 9.17) is 9.47 Å². The van der Waals surface area contributed by atoms with Crippen molar-refractivity contribution in [3.05, 3.63) is 47.0 Å². The fraction of sp³-hybridized carbons (Fsp3) is 0.417. The molecule has 0 saturated carbocycles. The number of benzene rings is 2. The van der Waals surface area contributed by atoms with Gasteiger partial charge >= 0.3 is 0 Å². The third-order valence-electron chi connectivity index (χ3n) is 6.10. The minimum atomic E-state index is 0. The zero-order chi connectivity index (χ0) is 19.7. The molecule has 2 heterocycles. The maximum atomic E-state index is 5.52. The Balaban J connectivity index is 0.00000240. The first-order valence-electron chi connectivity index (χ1n) is 10.2. The lowest BCUT2D eigenvalue weighted by Gasteiger charge is -2.24. The van der Waals surface area contributed by atoms with Crippen molar-refractivity contribution in [3.63, 3.8) is 0 Å². The third kappa shape index (κ3) is 3.96. The SMILES string of the molecule is CCc1c(-c2ccc(OC)c(OC)c2)[nH]c2cc(C)c(C3CCNCC3)cc12.Cl. The van der Waals surface area contributed by atoms with Crippen molar-refractivity contribution in [2.24, 2.45) is 0 Å². The van der Waals surface area contributed by atoms with Crippen LogP contribution in [-0.2, 0) is 6.42 Å². The van der Waals surface area contributed by atoms with Gasteiger partial charge < -0.3 is 19.8 Å². The van der Waals surface area contributed by atoms with Crippen molar-refractivity contribution in [1.82, 2.24) is 10.3 Å². The van der Waals surface area contributed by atoms with Gasteiger partial charge in [0.2, 0.25) is 0 Å². The summed E-state index contributed by atoms with van der Waals surface area (Å²) in [6.07, 6.45) is 3.43. The first-order chi connectivity index (χ1) is 13.7. The van der Waals surface area contributed by atoms with E-state index in [0.717, 1.165) is 36.6 Å². The van der Waals surface area contributed by atoms with Gasteiger partial charge in [-0.15, -0.1) is 12.4 Å². The molecule has 3 aromatic rings. The molecule has 0 radical (unpaired) electrons. The number of hydrogen-bond acceptors (Lipinski definition) is 3.